The van der Waals surface area contributed by atoms with Gasteiger partial charge in [0, 0.05) is 55.4 Å². The number of carboxylic acid groups (broad SMARTS) is 1. The molecule has 2 unspecified atom stereocenters. The maximum absolute atomic E-state index is 16.2. The second kappa shape index (κ2) is 9.66. The van der Waals surface area contributed by atoms with Crippen LogP contribution in [0.5, 0.6) is 5.75 Å². The zero-order valence-corrected chi connectivity index (χ0v) is 21.1. The van der Waals surface area contributed by atoms with E-state index in [0.717, 1.165) is 6.07 Å². The molecule has 3 aliphatic rings. The third-order valence-corrected chi connectivity index (χ3v) is 7.85. The van der Waals surface area contributed by atoms with E-state index in [1.54, 1.807) is 23.2 Å². The molecule has 1 aromatic heterocycles. The fourth-order valence-electron chi connectivity index (χ4n) is 5.78. The van der Waals surface area contributed by atoms with Crippen molar-refractivity contribution in [3.63, 3.8) is 0 Å². The lowest BCUT2D eigenvalue weighted by Gasteiger charge is -2.27. The first-order valence-corrected chi connectivity index (χ1v) is 12.7. The SMILES string of the molecule is O=C(O)Oc1cn(C2CC2)c2c(F)c(N3CC4COCC4(CN=Cc4cccc([N+](=O)[O-])c4)C3)c(F)cc2c1=O. The standard InChI is InChI=1S/C27H24F2N4O7/c28-20-7-19-23(32(17-4-5-17)10-21(25(19)34)40-26(35)36)22(29)24(20)31-9-16-11-39-14-27(16,13-31)12-30-8-15-2-1-3-18(6-15)33(37)38/h1-3,6-8,10,16-17H,4-5,9,11-14H2,(H,35,36). The number of hydrogen-bond acceptors (Lipinski definition) is 8. The number of hydrogen-bond donors (Lipinski definition) is 1. The van der Waals surface area contributed by atoms with E-state index in [1.807, 2.05) is 0 Å². The number of non-ortho nitro benzene ring substituents is 1. The van der Waals surface area contributed by atoms with Gasteiger partial charge >= 0.3 is 6.16 Å². The van der Waals surface area contributed by atoms with Crippen LogP contribution in [0.2, 0.25) is 0 Å². The van der Waals surface area contributed by atoms with E-state index in [0.29, 0.717) is 38.2 Å². The second-order valence-corrected chi connectivity index (χ2v) is 10.5. The van der Waals surface area contributed by atoms with Gasteiger partial charge in [0.25, 0.3) is 5.69 Å². The quantitative estimate of drug-likeness (QED) is 0.199. The first kappa shape index (κ1) is 25.9. The second-order valence-electron chi connectivity index (χ2n) is 10.5. The van der Waals surface area contributed by atoms with Gasteiger partial charge in [0.2, 0.25) is 5.43 Å². The Morgan fingerprint density at radius 1 is 1.32 bits per heavy atom. The molecule has 0 bridgehead atoms. The molecule has 11 nitrogen and oxygen atoms in total. The number of pyridine rings is 1. The van der Waals surface area contributed by atoms with Gasteiger partial charge < -0.3 is 24.0 Å². The van der Waals surface area contributed by atoms with Crippen molar-refractivity contribution in [2.24, 2.45) is 16.3 Å². The van der Waals surface area contributed by atoms with Gasteiger partial charge in [0.15, 0.2) is 11.6 Å². The van der Waals surface area contributed by atoms with E-state index in [2.05, 4.69) is 9.73 Å². The third kappa shape index (κ3) is 4.45. The highest BCUT2D eigenvalue weighted by molar-refractivity contribution is 5.86. The van der Waals surface area contributed by atoms with Crippen LogP contribution in [0.15, 0.2) is 46.3 Å². The lowest BCUT2D eigenvalue weighted by molar-refractivity contribution is -0.384. The van der Waals surface area contributed by atoms with Crippen LogP contribution in [0.25, 0.3) is 10.9 Å². The molecule has 0 amide bonds. The summed E-state index contributed by atoms with van der Waals surface area (Å²) in [6, 6.07) is 6.86. The molecular weight excluding hydrogens is 530 g/mol. The van der Waals surface area contributed by atoms with Gasteiger partial charge in [-0.25, -0.2) is 13.6 Å². The van der Waals surface area contributed by atoms with Crippen molar-refractivity contribution in [1.29, 1.82) is 0 Å². The first-order chi connectivity index (χ1) is 19.2. The number of carbonyl (C=O) groups is 1. The molecule has 2 atom stereocenters. The van der Waals surface area contributed by atoms with Gasteiger partial charge in [0.05, 0.1) is 35.2 Å². The van der Waals surface area contributed by atoms with Crippen LogP contribution in [0, 0.1) is 33.1 Å². The summed E-state index contributed by atoms with van der Waals surface area (Å²) in [7, 11) is 0. The van der Waals surface area contributed by atoms with Crippen LogP contribution >= 0.6 is 0 Å². The highest BCUT2D eigenvalue weighted by Gasteiger charge is 2.51. The summed E-state index contributed by atoms with van der Waals surface area (Å²) in [5, 5.41) is 19.8. The summed E-state index contributed by atoms with van der Waals surface area (Å²) < 4.78 is 43.5. The molecule has 40 heavy (non-hydrogen) atoms. The number of anilines is 1. The fourth-order valence-corrected chi connectivity index (χ4v) is 5.78. The average Bonchev–Trinajstić information content (AvgIpc) is 3.59. The maximum Gasteiger partial charge on any atom is 0.511 e. The molecule has 0 spiro atoms. The minimum Gasteiger partial charge on any atom is -0.449 e. The Hall–Kier alpha value is -4.39. The molecule has 208 valence electrons. The van der Waals surface area contributed by atoms with E-state index >= 15 is 8.78 Å². The van der Waals surface area contributed by atoms with E-state index in [9.17, 15) is 19.7 Å². The van der Waals surface area contributed by atoms with Gasteiger partial charge in [0.1, 0.15) is 11.5 Å². The number of rotatable bonds is 7. The lowest BCUT2D eigenvalue weighted by atomic mass is 9.81. The van der Waals surface area contributed by atoms with Crippen molar-refractivity contribution in [2.45, 2.75) is 18.9 Å². The van der Waals surface area contributed by atoms with Gasteiger partial charge in [-0.15, -0.1) is 0 Å². The number of nitrogens with zero attached hydrogens (tertiary/aromatic N) is 4. The minimum atomic E-state index is -1.69. The summed E-state index contributed by atoms with van der Waals surface area (Å²) in [5.41, 5.74) is -1.27. The van der Waals surface area contributed by atoms with Crippen LogP contribution in [0.4, 0.5) is 25.0 Å². The smallest absolute Gasteiger partial charge is 0.449 e. The van der Waals surface area contributed by atoms with Gasteiger partial charge in [-0.1, -0.05) is 12.1 Å². The number of nitro benzene ring substituents is 1. The number of nitro groups is 1. The zero-order valence-electron chi connectivity index (χ0n) is 21.1. The molecule has 1 saturated carbocycles. The Balaban J connectivity index is 1.33. The van der Waals surface area contributed by atoms with Crippen molar-refractivity contribution in [2.75, 3.05) is 37.7 Å². The highest BCUT2D eigenvalue weighted by Crippen LogP contribution is 2.46. The Morgan fingerprint density at radius 3 is 2.85 bits per heavy atom. The lowest BCUT2D eigenvalue weighted by Crippen LogP contribution is -2.34. The topological polar surface area (TPSA) is 136 Å². The molecule has 2 aromatic carbocycles. The number of aliphatic imine (C=N–C) groups is 1. The van der Waals surface area contributed by atoms with Crippen LogP contribution < -0.4 is 15.1 Å². The average molecular weight is 555 g/mol. The molecular formula is C27H24F2N4O7. The van der Waals surface area contributed by atoms with E-state index in [4.69, 9.17) is 9.84 Å². The van der Waals surface area contributed by atoms with Gasteiger partial charge in [-0.2, -0.15) is 0 Å². The van der Waals surface area contributed by atoms with Crippen molar-refractivity contribution in [3.8, 4) is 5.75 Å². The Kier molecular flexibility index (Phi) is 6.25. The summed E-state index contributed by atoms with van der Waals surface area (Å²) >= 11 is 0. The fraction of sp³-hybridized carbons (Fsp3) is 0.370. The van der Waals surface area contributed by atoms with Gasteiger partial charge in [-0.05, 0) is 24.5 Å². The van der Waals surface area contributed by atoms with E-state index in [-0.39, 0.29) is 47.3 Å². The summed E-state index contributed by atoms with van der Waals surface area (Å²) in [4.78, 5) is 40.7. The number of halogens is 2. The largest absolute Gasteiger partial charge is 0.511 e. The number of ether oxygens (including phenoxy) is 2. The molecule has 1 N–H and O–H groups in total. The molecule has 3 fully saturated rings. The Bertz CT molecular complexity index is 1640. The van der Waals surface area contributed by atoms with Crippen LogP contribution in [0.3, 0.4) is 0 Å². The summed E-state index contributed by atoms with van der Waals surface area (Å²) in [6.07, 6.45) is 2.43. The van der Waals surface area contributed by atoms with Crippen molar-refractivity contribution in [3.05, 3.63) is 74.1 Å². The molecule has 2 saturated heterocycles. The highest BCUT2D eigenvalue weighted by atomic mass is 19.1. The molecule has 1 aliphatic carbocycles. The number of benzene rings is 2. The Labute approximate surface area is 225 Å². The molecule has 3 heterocycles. The van der Waals surface area contributed by atoms with Crippen molar-refractivity contribution >= 4 is 34.6 Å². The van der Waals surface area contributed by atoms with Crippen LogP contribution in [-0.4, -0.2) is 59.8 Å². The Morgan fingerprint density at radius 2 is 2.12 bits per heavy atom. The van der Waals surface area contributed by atoms with Crippen molar-refractivity contribution in [1.82, 2.24) is 4.57 Å². The third-order valence-electron chi connectivity index (χ3n) is 7.85. The summed E-state index contributed by atoms with van der Waals surface area (Å²) in [5.74, 6) is -2.40. The zero-order chi connectivity index (χ0) is 28.2. The van der Waals surface area contributed by atoms with E-state index in [1.165, 1.54) is 22.9 Å². The molecule has 6 rings (SSSR count). The monoisotopic (exact) mass is 554 g/mol. The predicted molar refractivity (Wildman–Crippen MR) is 140 cm³/mol. The van der Waals surface area contributed by atoms with Crippen molar-refractivity contribution < 1.29 is 33.1 Å². The van der Waals surface area contributed by atoms with Gasteiger partial charge in [-0.3, -0.25) is 19.9 Å². The summed E-state index contributed by atoms with van der Waals surface area (Å²) in [6.45, 7) is 1.56. The number of fused-ring (bicyclic) bond motifs is 2. The predicted octanol–water partition coefficient (Wildman–Crippen LogP) is 4.15. The molecule has 0 radical (unpaired) electrons. The minimum absolute atomic E-state index is 0.0511. The maximum atomic E-state index is 16.2. The first-order valence-electron chi connectivity index (χ1n) is 12.7. The van der Waals surface area contributed by atoms with E-state index < -0.39 is 39.3 Å². The molecule has 13 heteroatoms. The molecule has 2 aliphatic heterocycles. The van der Waals surface area contributed by atoms with Crippen LogP contribution in [-0.2, 0) is 4.74 Å². The molecule has 3 aromatic rings. The van der Waals surface area contributed by atoms with Crippen LogP contribution in [0.1, 0.15) is 24.4 Å². The normalized spacial score (nSPS) is 22.2. The number of aromatic nitrogens is 1.